The van der Waals surface area contributed by atoms with Gasteiger partial charge in [0.1, 0.15) is 5.69 Å². The second-order valence-electron chi connectivity index (χ2n) is 2.46. The molecule has 0 bridgehead atoms. The minimum Gasteiger partial charge on any atom is -0.399 e. The van der Waals surface area contributed by atoms with Gasteiger partial charge in [-0.05, 0) is 19.1 Å². The zero-order valence-corrected chi connectivity index (χ0v) is 6.99. The highest BCUT2D eigenvalue weighted by molar-refractivity contribution is 5.66. The van der Waals surface area contributed by atoms with Gasteiger partial charge in [0.15, 0.2) is 0 Å². The molecule has 1 radical (unpaired) electrons. The van der Waals surface area contributed by atoms with Gasteiger partial charge >= 0.3 is 0 Å². The molecule has 0 aliphatic rings. The van der Waals surface area contributed by atoms with Crippen LogP contribution in [0, 0.1) is 17.0 Å². The molecule has 0 heterocycles. The summed E-state index contributed by atoms with van der Waals surface area (Å²) in [4.78, 5) is 10.1. The quantitative estimate of drug-likeness (QED) is 0.418. The van der Waals surface area contributed by atoms with Gasteiger partial charge in [-0.1, -0.05) is 0 Å². The molecule has 0 spiro atoms. The normalized spacial score (nSPS) is 9.62. The molecule has 3 N–H and O–H groups in total. The van der Waals surface area contributed by atoms with E-state index in [-0.39, 0.29) is 5.69 Å². The summed E-state index contributed by atoms with van der Waals surface area (Å²) in [5.74, 6) is 0. The molecule has 13 heavy (non-hydrogen) atoms. The predicted molar refractivity (Wildman–Crippen MR) is 51.4 cm³/mol. The van der Waals surface area contributed by atoms with Crippen molar-refractivity contribution in [1.29, 1.82) is 0 Å². The fourth-order valence-electron chi connectivity index (χ4n) is 0.984. The van der Waals surface area contributed by atoms with Crippen molar-refractivity contribution in [1.82, 2.24) is 0 Å². The van der Waals surface area contributed by atoms with Gasteiger partial charge in [-0.2, -0.15) is 0 Å². The number of hydrogen-bond acceptors (Lipinski definition) is 4. The lowest BCUT2D eigenvalue weighted by Gasteiger charge is -2.04. The van der Waals surface area contributed by atoms with Crippen molar-refractivity contribution in [2.45, 2.75) is 0 Å². The molecule has 5 heteroatoms. The van der Waals surface area contributed by atoms with Crippen LogP contribution in [0.5, 0.6) is 0 Å². The lowest BCUT2D eigenvalue weighted by molar-refractivity contribution is -0.383. The van der Waals surface area contributed by atoms with Gasteiger partial charge in [-0.25, -0.2) is 0 Å². The van der Waals surface area contributed by atoms with Gasteiger partial charge < -0.3 is 11.1 Å². The number of nitrogens with one attached hydrogen (secondary N) is 1. The summed E-state index contributed by atoms with van der Waals surface area (Å²) in [6.07, 6.45) is 0. The van der Waals surface area contributed by atoms with E-state index in [4.69, 9.17) is 5.73 Å². The number of nitrogen functional groups attached to an aromatic ring is 1. The minimum atomic E-state index is -0.478. The zero-order chi connectivity index (χ0) is 9.84. The molecular formula is C8H10N3O2. The molecule has 0 amide bonds. The Labute approximate surface area is 75.7 Å². The highest BCUT2D eigenvalue weighted by atomic mass is 16.6. The average molecular weight is 180 g/mol. The van der Waals surface area contributed by atoms with Gasteiger partial charge in [0.25, 0.3) is 5.69 Å². The highest BCUT2D eigenvalue weighted by Crippen LogP contribution is 2.25. The molecule has 5 nitrogen and oxygen atoms in total. The Morgan fingerprint density at radius 1 is 1.62 bits per heavy atom. The molecule has 1 aromatic carbocycles. The second-order valence-corrected chi connectivity index (χ2v) is 2.46. The van der Waals surface area contributed by atoms with Crippen LogP contribution in [0.4, 0.5) is 17.1 Å². The molecule has 1 aromatic rings. The molecule has 0 saturated carbocycles. The summed E-state index contributed by atoms with van der Waals surface area (Å²) in [5, 5.41) is 13.3. The van der Waals surface area contributed by atoms with E-state index in [1.54, 1.807) is 12.1 Å². The van der Waals surface area contributed by atoms with Gasteiger partial charge in [-0.3, -0.25) is 10.1 Å². The topological polar surface area (TPSA) is 81.2 Å². The Morgan fingerprint density at radius 3 is 2.85 bits per heavy atom. The number of hydrogen-bond donors (Lipinski definition) is 2. The van der Waals surface area contributed by atoms with Crippen molar-refractivity contribution in [2.24, 2.45) is 0 Å². The minimum absolute atomic E-state index is 0.0244. The smallest absolute Gasteiger partial charge is 0.294 e. The maximum Gasteiger partial charge on any atom is 0.294 e. The molecule has 69 valence electrons. The largest absolute Gasteiger partial charge is 0.399 e. The zero-order valence-electron chi connectivity index (χ0n) is 6.99. The number of nitro benzene ring substituents is 1. The first-order chi connectivity index (χ1) is 6.15. The number of nitrogens with zero attached hydrogens (tertiary/aromatic N) is 1. The molecule has 0 aromatic heterocycles. The highest BCUT2D eigenvalue weighted by Gasteiger charge is 2.12. The predicted octanol–water partition coefficient (Wildman–Crippen LogP) is 1.42. The first-order valence-corrected chi connectivity index (χ1v) is 3.72. The molecule has 1 rings (SSSR count). The maximum absolute atomic E-state index is 10.5. The molecular weight excluding hydrogens is 170 g/mol. The van der Waals surface area contributed by atoms with E-state index >= 15 is 0 Å². The third-order valence-corrected chi connectivity index (χ3v) is 1.53. The van der Waals surface area contributed by atoms with Crippen molar-refractivity contribution < 1.29 is 4.92 Å². The van der Waals surface area contributed by atoms with Crippen LogP contribution in [0.25, 0.3) is 0 Å². The van der Waals surface area contributed by atoms with E-state index in [9.17, 15) is 10.1 Å². The monoisotopic (exact) mass is 180 g/mol. The van der Waals surface area contributed by atoms with E-state index in [0.29, 0.717) is 17.9 Å². The van der Waals surface area contributed by atoms with Crippen LogP contribution in [-0.2, 0) is 0 Å². The Balaban J connectivity index is 3.10. The SMILES string of the molecule is [CH2]CNc1ccc(N)cc1[N+](=O)[O-]. The van der Waals surface area contributed by atoms with Crippen LogP contribution in [0.2, 0.25) is 0 Å². The summed E-state index contributed by atoms with van der Waals surface area (Å²) in [7, 11) is 0. The van der Waals surface area contributed by atoms with E-state index < -0.39 is 4.92 Å². The van der Waals surface area contributed by atoms with E-state index in [0.717, 1.165) is 0 Å². The van der Waals surface area contributed by atoms with Crippen molar-refractivity contribution >= 4 is 17.1 Å². The van der Waals surface area contributed by atoms with Gasteiger partial charge in [0, 0.05) is 18.3 Å². The van der Waals surface area contributed by atoms with Crippen molar-refractivity contribution in [2.75, 3.05) is 17.6 Å². The molecule has 0 fully saturated rings. The summed E-state index contributed by atoms with van der Waals surface area (Å²) in [5.41, 5.74) is 6.20. The number of nitro groups is 1. The van der Waals surface area contributed by atoms with Crippen LogP contribution in [-0.4, -0.2) is 11.5 Å². The van der Waals surface area contributed by atoms with Crippen LogP contribution in [0.1, 0.15) is 0 Å². The fraction of sp³-hybridized carbons (Fsp3) is 0.125. The first kappa shape index (κ1) is 9.31. The maximum atomic E-state index is 10.5. The number of rotatable bonds is 3. The number of nitrogens with two attached hydrogens (primary N) is 1. The van der Waals surface area contributed by atoms with E-state index in [1.165, 1.54) is 6.07 Å². The third-order valence-electron chi connectivity index (χ3n) is 1.53. The fourth-order valence-corrected chi connectivity index (χ4v) is 0.984. The summed E-state index contributed by atoms with van der Waals surface area (Å²) in [6, 6.07) is 4.49. The summed E-state index contributed by atoms with van der Waals surface area (Å²) in [6.45, 7) is 3.93. The van der Waals surface area contributed by atoms with Gasteiger partial charge in [0.05, 0.1) is 4.92 Å². The summed E-state index contributed by atoms with van der Waals surface area (Å²) >= 11 is 0. The number of benzene rings is 1. The standard InChI is InChI=1S/C8H10N3O2/c1-2-10-7-4-3-6(9)5-8(7)11(12)13/h3-5,10H,1-2,9H2. The Bertz CT molecular complexity index is 325. The third kappa shape index (κ3) is 2.08. The van der Waals surface area contributed by atoms with Crippen molar-refractivity contribution in [3.8, 4) is 0 Å². The van der Waals surface area contributed by atoms with Crippen LogP contribution in [0.3, 0.4) is 0 Å². The molecule has 0 unspecified atom stereocenters. The van der Waals surface area contributed by atoms with E-state index in [2.05, 4.69) is 12.2 Å². The van der Waals surface area contributed by atoms with Crippen LogP contribution < -0.4 is 11.1 Å². The van der Waals surface area contributed by atoms with Crippen molar-refractivity contribution in [3.63, 3.8) is 0 Å². The van der Waals surface area contributed by atoms with Crippen molar-refractivity contribution in [3.05, 3.63) is 35.2 Å². The molecule has 0 aliphatic carbocycles. The van der Waals surface area contributed by atoms with E-state index in [1.807, 2.05) is 0 Å². The Hall–Kier alpha value is -1.78. The average Bonchev–Trinajstić information content (AvgIpc) is 2.08. The van der Waals surface area contributed by atoms with Crippen LogP contribution in [0.15, 0.2) is 18.2 Å². The first-order valence-electron chi connectivity index (χ1n) is 3.72. The Morgan fingerprint density at radius 2 is 2.31 bits per heavy atom. The number of anilines is 2. The molecule has 0 aliphatic heterocycles. The van der Waals surface area contributed by atoms with Crippen LogP contribution >= 0.6 is 0 Å². The summed E-state index contributed by atoms with van der Waals surface area (Å²) < 4.78 is 0. The Kier molecular flexibility index (Phi) is 2.69. The lowest BCUT2D eigenvalue weighted by atomic mass is 10.2. The second kappa shape index (κ2) is 3.75. The lowest BCUT2D eigenvalue weighted by Crippen LogP contribution is -2.01. The van der Waals surface area contributed by atoms with Gasteiger partial charge in [0.2, 0.25) is 0 Å². The van der Waals surface area contributed by atoms with Gasteiger partial charge in [-0.15, -0.1) is 0 Å². The molecule has 0 saturated heterocycles. The molecule has 0 atom stereocenters.